The summed E-state index contributed by atoms with van der Waals surface area (Å²) in [6, 6.07) is 0. The number of allylic oxidation sites excluding steroid dienone is 2. The summed E-state index contributed by atoms with van der Waals surface area (Å²) >= 11 is 0. The summed E-state index contributed by atoms with van der Waals surface area (Å²) in [6.07, 6.45) is -29.2. The maximum Gasteiger partial charge on any atom is 0.337 e. The van der Waals surface area contributed by atoms with Crippen LogP contribution in [0.25, 0.3) is 0 Å². The van der Waals surface area contributed by atoms with Gasteiger partial charge >= 0.3 is 35.8 Å². The van der Waals surface area contributed by atoms with Gasteiger partial charge in [-0.05, 0) is 52.4 Å². The molecule has 4 saturated heterocycles. The Morgan fingerprint density at radius 3 is 0.930 bits per heavy atom. The number of carbonyl (C=O) groups is 6. The minimum Gasteiger partial charge on any atom is -0.478 e. The summed E-state index contributed by atoms with van der Waals surface area (Å²) in [5, 5.41) is 186. The highest BCUT2D eigenvalue weighted by atomic mass is 16.8. The first-order chi connectivity index (χ1) is 54.3. The van der Waals surface area contributed by atoms with Gasteiger partial charge in [0.25, 0.3) is 0 Å². The summed E-state index contributed by atoms with van der Waals surface area (Å²) in [5.74, 6) is -15.2. The largest absolute Gasteiger partial charge is 0.478 e. The van der Waals surface area contributed by atoms with E-state index >= 15 is 0 Å². The first kappa shape index (κ1) is 92.0. The fourth-order valence-corrected chi connectivity index (χ4v) is 14.2. The van der Waals surface area contributed by atoms with Gasteiger partial charge in [-0.1, -0.05) is 36.0 Å². The Balaban J connectivity index is 0.894. The van der Waals surface area contributed by atoms with Crippen molar-refractivity contribution < 1.29 is 196 Å². The van der Waals surface area contributed by atoms with Crippen molar-refractivity contribution >= 4 is 35.8 Å². The summed E-state index contributed by atoms with van der Waals surface area (Å²) in [7, 11) is 0. The van der Waals surface area contributed by atoms with Gasteiger partial charge in [0.1, 0.15) is 97.7 Å². The van der Waals surface area contributed by atoms with Crippen LogP contribution < -0.4 is 0 Å². The van der Waals surface area contributed by atoms with Crippen molar-refractivity contribution in [2.75, 3.05) is 52.9 Å². The zero-order valence-electron chi connectivity index (χ0n) is 62.0. The van der Waals surface area contributed by atoms with Crippen LogP contribution in [-0.2, 0) is 105 Å². The number of esters is 4. The van der Waals surface area contributed by atoms with Gasteiger partial charge in [-0.15, -0.1) is 26.3 Å². The molecule has 32 atom stereocenters. The third-order valence-corrected chi connectivity index (χ3v) is 20.9. The number of carbonyl (C=O) groups excluding carboxylic acids is 4. The zero-order chi connectivity index (χ0) is 83.7. The predicted octanol–water partition coefficient (Wildman–Crippen LogP) is -4.54. The molecule has 12 unspecified atom stereocenters. The molecule has 0 aromatic carbocycles. The van der Waals surface area contributed by atoms with E-state index in [1.807, 2.05) is 0 Å². The second-order valence-electron chi connectivity index (χ2n) is 28.1. The smallest absolute Gasteiger partial charge is 0.337 e. The number of hydrogen-bond donors (Lipinski definition) is 18. The van der Waals surface area contributed by atoms with E-state index in [-0.39, 0.29) is 66.4 Å². The van der Waals surface area contributed by atoms with Crippen LogP contribution in [0.3, 0.4) is 0 Å². The van der Waals surface area contributed by atoms with E-state index in [1.54, 1.807) is 6.92 Å². The van der Waals surface area contributed by atoms with E-state index in [9.17, 15) is 121 Å². The molecule has 4 fully saturated rings. The highest BCUT2D eigenvalue weighted by Crippen LogP contribution is 2.43. The number of aliphatic hydroxyl groups excluding tert-OH is 16. The molecule has 0 aliphatic carbocycles. The predicted molar refractivity (Wildman–Crippen MR) is 374 cm³/mol. The molecule has 8 heterocycles. The fourth-order valence-electron chi connectivity index (χ4n) is 14.2. The van der Waals surface area contributed by atoms with Gasteiger partial charge in [0, 0.05) is 59.0 Å². The van der Waals surface area contributed by atoms with Crippen molar-refractivity contribution in [1.29, 1.82) is 0 Å². The third-order valence-electron chi connectivity index (χ3n) is 20.9. The number of rotatable bonds is 37. The Hall–Kier alpha value is -7.54. The Morgan fingerprint density at radius 2 is 0.649 bits per heavy atom. The maximum absolute atomic E-state index is 14.2. The lowest BCUT2D eigenvalue weighted by Gasteiger charge is -2.43. The van der Waals surface area contributed by atoms with Crippen molar-refractivity contribution in [3.8, 4) is 0 Å². The van der Waals surface area contributed by atoms with Crippen LogP contribution in [0, 0.1) is 47.3 Å². The highest BCUT2D eigenvalue weighted by Gasteiger charge is 2.53. The summed E-state index contributed by atoms with van der Waals surface area (Å²) < 4.78 is 91.0. The molecule has 8 aliphatic rings. The van der Waals surface area contributed by atoms with Gasteiger partial charge in [0.15, 0.2) is 25.2 Å². The molecule has 0 aromatic rings. The van der Waals surface area contributed by atoms with Crippen LogP contribution in [0.4, 0.5) is 0 Å². The average molecular weight is 1630 g/mol. The molecule has 0 saturated carbocycles. The second-order valence-corrected chi connectivity index (χ2v) is 28.1. The lowest BCUT2D eigenvalue weighted by molar-refractivity contribution is -0.339. The topological polar surface area (TPSA) is 614 Å². The molecular weight excluding hydrogens is 1530 g/mol. The number of carboxylic acid groups (broad SMARTS) is 2. The monoisotopic (exact) mass is 1630 g/mol. The fraction of sp³-hybridized carbons (Fsp3) is 0.649. The third kappa shape index (κ3) is 21.8. The molecule has 40 nitrogen and oxygen atoms in total. The summed E-state index contributed by atoms with van der Waals surface area (Å²) in [6.45, 7) is 13.3. The number of ether oxygens (including phenoxy) is 16. The van der Waals surface area contributed by atoms with E-state index < -0.39 is 284 Å². The van der Waals surface area contributed by atoms with Crippen LogP contribution in [0.1, 0.15) is 52.4 Å². The van der Waals surface area contributed by atoms with E-state index in [0.717, 1.165) is 25.0 Å². The molecule has 0 aromatic heterocycles. The van der Waals surface area contributed by atoms with Gasteiger partial charge in [-0.25, -0.2) is 28.8 Å². The highest BCUT2D eigenvalue weighted by molar-refractivity contribution is 5.91. The van der Waals surface area contributed by atoms with E-state index in [1.165, 1.54) is 43.4 Å². The van der Waals surface area contributed by atoms with Crippen molar-refractivity contribution in [3.63, 3.8) is 0 Å². The van der Waals surface area contributed by atoms with Crippen LogP contribution in [0.5, 0.6) is 0 Å². The van der Waals surface area contributed by atoms with Crippen molar-refractivity contribution in [3.05, 3.63) is 121 Å². The number of carboxylic acids is 2. The molecule has 8 rings (SSSR count). The van der Waals surface area contributed by atoms with Gasteiger partial charge < -0.3 is 168 Å². The molecule has 8 aliphatic heterocycles. The second kappa shape index (κ2) is 42.5. The van der Waals surface area contributed by atoms with Crippen LogP contribution in [-0.4, -0.2) is 329 Å². The zero-order valence-corrected chi connectivity index (χ0v) is 62.0. The number of aliphatic carboxylic acids is 2. The lowest BCUT2D eigenvalue weighted by atomic mass is 9.81. The SMILES string of the molecule is C=CC1C(O[C@@H]2O[C@H](CO)[C@@H](O)[C@H](O)[C@H]2O)OC=C(C(=O)O)C1CCOC(=O)C1=COC(O[C@@H]2O[C@H](CO)[C@@H](O)[C@H](O)[C@H]2O)C(C=C)C1CCOC(=O)/C=C(\C)CC/C=C(\C)C(=O)OCCC1C(C(=O)OCCC2C(C(=O)O)=COC(O[C@@H]3O[C@H](CO)[C@@H](O)[C@H](O)[C@H]3O)C2C=C)=COC(O[C@@H]2O[C@H](CO)[C@@H](O)[C@H](O)[C@H]2O)C1C=C. The quantitative estimate of drug-likeness (QED) is 0.0121. The Morgan fingerprint density at radius 1 is 0.377 bits per heavy atom. The molecule has 0 radical (unpaired) electrons. The summed E-state index contributed by atoms with van der Waals surface area (Å²) in [5.41, 5.74) is -0.450. The molecule has 114 heavy (non-hydrogen) atoms. The minimum absolute atomic E-state index is 0.0994. The normalized spacial score (nSPS) is 38.5. The van der Waals surface area contributed by atoms with Crippen molar-refractivity contribution in [2.45, 2.75) is 200 Å². The molecule has 18 N–H and O–H groups in total. The van der Waals surface area contributed by atoms with Gasteiger partial charge in [0.05, 0.1) is 100 Å². The molecule has 0 spiro atoms. The molecular formula is C74H102O40. The average Bonchev–Trinajstić information content (AvgIpc) is 0.799. The van der Waals surface area contributed by atoms with Crippen LogP contribution in [0.15, 0.2) is 121 Å². The van der Waals surface area contributed by atoms with E-state index in [0.29, 0.717) is 5.57 Å². The Labute approximate surface area is 652 Å². The molecule has 638 valence electrons. The maximum atomic E-state index is 14.2. The minimum atomic E-state index is -1.90. The molecule has 0 amide bonds. The van der Waals surface area contributed by atoms with Crippen LogP contribution >= 0.6 is 0 Å². The standard InChI is InChI=1S/C74H102O40/c1-7-33-37(41(62(92)93)27-103-67(33)111-71-58(88)54(84)50(80)45(23-75)107-71)15-20-101-65(97)43-29-105-69(113-73-60(90)56(86)52(82)47(25-77)109-73)35(9-3)39(43)14-18-99-49(79)22-31(5)12-11-13-32(6)64(96)100-19-17-40-36(10-4)70(114-74-61(91)57(87)53(83)48(26-78)110-74)106-30-44(40)66(98)102-21-16-38-34(8-2)68(104-28-42(38)63(94)95)112-72-59(89)55(85)51(81)46(24-76)108-72/h7-10,13,22,27-30,33-40,45-48,50-61,67-78,80-91H,1-4,11-12,14-21,23-26H2,5-6H3,(H,92,93)(H,94,95)/b31-22+,32-13+/t33?,34?,35?,36?,37?,38?,39?,40?,45-,46-,47-,48-,50-,51-,52-,53-,54+,55+,56+,57+,58-,59-,60-,61-,67?,68?,69?,70?,71+,72+,73+,74+/m1/s1. The van der Waals surface area contributed by atoms with Gasteiger partial charge in [-0.3, -0.25) is 0 Å². The number of hydrogen-bond acceptors (Lipinski definition) is 38. The van der Waals surface area contributed by atoms with Crippen molar-refractivity contribution in [2.24, 2.45) is 47.3 Å². The van der Waals surface area contributed by atoms with E-state index in [4.69, 9.17) is 75.8 Å². The van der Waals surface area contributed by atoms with Gasteiger partial charge in [0.2, 0.25) is 25.2 Å². The lowest BCUT2D eigenvalue weighted by Crippen LogP contribution is -2.60. The number of aliphatic hydroxyl groups is 16. The Kier molecular flexibility index (Phi) is 34.3. The molecule has 0 bridgehead atoms. The van der Waals surface area contributed by atoms with Gasteiger partial charge in [-0.2, -0.15) is 0 Å². The van der Waals surface area contributed by atoms with Crippen molar-refractivity contribution in [1.82, 2.24) is 0 Å². The Bertz CT molecular complexity index is 3490. The summed E-state index contributed by atoms with van der Waals surface area (Å²) in [4.78, 5) is 80.5. The van der Waals surface area contributed by atoms with Crippen LogP contribution in [0.2, 0.25) is 0 Å². The first-order valence-corrected chi connectivity index (χ1v) is 36.6. The van der Waals surface area contributed by atoms with E-state index in [2.05, 4.69) is 26.3 Å². The first-order valence-electron chi connectivity index (χ1n) is 36.6. The molecule has 40 heteroatoms.